The Bertz CT molecular complexity index is 1380. The van der Waals surface area contributed by atoms with Crippen LogP contribution in [0.4, 0.5) is 0 Å². The molecule has 0 aliphatic carbocycles. The summed E-state index contributed by atoms with van der Waals surface area (Å²) >= 11 is -3.89. The van der Waals surface area contributed by atoms with Crippen LogP contribution in [0.15, 0.2) is 103 Å². The van der Waals surface area contributed by atoms with Crippen molar-refractivity contribution in [3.8, 4) is 5.75 Å². The predicted molar refractivity (Wildman–Crippen MR) is 146 cm³/mol. The van der Waals surface area contributed by atoms with E-state index in [1.807, 2.05) is 36.4 Å². The molecule has 0 bridgehead atoms. The molecule has 0 aliphatic heterocycles. The van der Waals surface area contributed by atoms with Gasteiger partial charge in [-0.15, -0.1) is 0 Å². The maximum absolute atomic E-state index is 12.1. The molecule has 37 heavy (non-hydrogen) atoms. The van der Waals surface area contributed by atoms with Crippen LogP contribution >= 0.6 is 0 Å². The molecule has 4 rings (SSSR count). The molecule has 1 N–H and O–H groups in total. The number of rotatable bonds is 8. The second-order valence-electron chi connectivity index (χ2n) is 11.2. The molecule has 4 heteroatoms. The third-order valence-corrected chi connectivity index (χ3v) is 8.39. The van der Waals surface area contributed by atoms with E-state index in [0.29, 0.717) is 5.75 Å². The normalized spacial score (nSPS) is 12.3. The maximum atomic E-state index is 12.1. The van der Waals surface area contributed by atoms with Crippen molar-refractivity contribution in [1.29, 1.82) is 0 Å². The first-order chi connectivity index (χ1) is 17.5. The Balaban J connectivity index is 2.15. The first-order valence-corrected chi connectivity index (χ1v) is 14.7. The van der Waals surface area contributed by atoms with Crippen molar-refractivity contribution >= 4 is 0 Å². The fourth-order valence-corrected chi connectivity index (χ4v) is 6.12. The SMILES string of the molecule is CC(C)(c1ccccc1)c1ccc([O][Ti](=[O])[OH])c(C(C)(C)c2ccccc2)c1C(C)(C)c1ccccc1. The van der Waals surface area contributed by atoms with Crippen molar-refractivity contribution in [1.82, 2.24) is 0 Å². The zero-order valence-corrected chi connectivity index (χ0v) is 24.1. The van der Waals surface area contributed by atoms with Gasteiger partial charge in [-0.1, -0.05) is 0 Å². The summed E-state index contributed by atoms with van der Waals surface area (Å²) in [5.74, 6) is 0.480. The number of benzene rings is 4. The van der Waals surface area contributed by atoms with E-state index in [-0.39, 0.29) is 5.41 Å². The Labute approximate surface area is 228 Å². The van der Waals surface area contributed by atoms with Gasteiger partial charge < -0.3 is 0 Å². The Morgan fingerprint density at radius 1 is 0.541 bits per heavy atom. The first kappa shape index (κ1) is 27.2. The second kappa shape index (κ2) is 10.5. The van der Waals surface area contributed by atoms with Crippen molar-refractivity contribution < 1.29 is 28.9 Å². The van der Waals surface area contributed by atoms with Crippen LogP contribution in [0.2, 0.25) is 0 Å². The topological polar surface area (TPSA) is 46.5 Å². The van der Waals surface area contributed by atoms with E-state index in [2.05, 4.69) is 108 Å². The first-order valence-electron chi connectivity index (χ1n) is 12.7. The molecule has 0 unspecified atom stereocenters. The van der Waals surface area contributed by atoms with Gasteiger partial charge in [0.15, 0.2) is 0 Å². The Hall–Kier alpha value is -2.85. The third kappa shape index (κ3) is 5.27. The summed E-state index contributed by atoms with van der Waals surface area (Å²) in [4.78, 5) is 0. The van der Waals surface area contributed by atoms with Gasteiger partial charge >= 0.3 is 229 Å². The summed E-state index contributed by atoms with van der Waals surface area (Å²) in [5, 5.41) is 0. The minimum atomic E-state index is -3.89. The average Bonchev–Trinajstić information content (AvgIpc) is 2.89. The molecule has 0 heterocycles. The van der Waals surface area contributed by atoms with E-state index < -0.39 is 29.4 Å². The van der Waals surface area contributed by atoms with Gasteiger partial charge in [-0.3, -0.25) is 0 Å². The van der Waals surface area contributed by atoms with E-state index in [4.69, 9.17) is 3.32 Å². The van der Waals surface area contributed by atoms with Crippen LogP contribution in [0.3, 0.4) is 0 Å². The fourth-order valence-electron chi connectivity index (χ4n) is 5.56. The average molecular weight is 529 g/mol. The van der Waals surface area contributed by atoms with Crippen LogP contribution < -0.4 is 3.32 Å². The van der Waals surface area contributed by atoms with Gasteiger partial charge in [0, 0.05) is 0 Å². The van der Waals surface area contributed by atoms with Gasteiger partial charge in [0.1, 0.15) is 0 Å². The minimum absolute atomic E-state index is 0.335. The van der Waals surface area contributed by atoms with Crippen LogP contribution in [0, 0.1) is 0 Å². The second-order valence-corrected chi connectivity index (χ2v) is 12.4. The molecular formula is C33H36O3Ti. The van der Waals surface area contributed by atoms with E-state index in [1.165, 1.54) is 16.7 Å². The van der Waals surface area contributed by atoms with Crippen molar-refractivity contribution in [3.05, 3.63) is 137 Å². The van der Waals surface area contributed by atoms with E-state index in [1.54, 1.807) is 0 Å². The molecule has 0 spiro atoms. The zero-order valence-electron chi connectivity index (χ0n) is 22.6. The molecule has 190 valence electrons. The monoisotopic (exact) mass is 528 g/mol. The van der Waals surface area contributed by atoms with Crippen molar-refractivity contribution in [2.24, 2.45) is 0 Å². The molecule has 4 aromatic carbocycles. The van der Waals surface area contributed by atoms with Crippen LogP contribution in [0.25, 0.3) is 0 Å². The van der Waals surface area contributed by atoms with Crippen LogP contribution in [0.1, 0.15) is 74.9 Å². The van der Waals surface area contributed by atoms with Crippen LogP contribution in [0.5, 0.6) is 5.75 Å². The predicted octanol–water partition coefficient (Wildman–Crippen LogP) is 7.83. The molecule has 0 saturated carbocycles. The molecular weight excluding hydrogens is 492 g/mol. The van der Waals surface area contributed by atoms with Crippen molar-refractivity contribution in [3.63, 3.8) is 0 Å². The summed E-state index contributed by atoms with van der Waals surface area (Å²) < 4.78 is 27.9. The quantitative estimate of drug-likeness (QED) is 0.237. The summed E-state index contributed by atoms with van der Waals surface area (Å²) in [7, 11) is 0. The molecule has 4 aromatic rings. The Kier molecular flexibility index (Phi) is 7.71. The molecule has 0 amide bonds. The summed E-state index contributed by atoms with van der Waals surface area (Å²) in [6.07, 6.45) is 0. The molecule has 0 fully saturated rings. The van der Waals surface area contributed by atoms with Gasteiger partial charge in [-0.2, -0.15) is 0 Å². The van der Waals surface area contributed by atoms with Crippen LogP contribution in [-0.4, -0.2) is 3.69 Å². The van der Waals surface area contributed by atoms with Gasteiger partial charge in [-0.05, 0) is 0 Å². The molecule has 3 nitrogen and oxygen atoms in total. The molecule has 0 aromatic heterocycles. The molecule has 0 saturated heterocycles. The Morgan fingerprint density at radius 3 is 1.32 bits per heavy atom. The van der Waals surface area contributed by atoms with E-state index in [0.717, 1.165) is 16.7 Å². The molecule has 0 atom stereocenters. The van der Waals surface area contributed by atoms with Gasteiger partial charge in [0.25, 0.3) is 0 Å². The van der Waals surface area contributed by atoms with Gasteiger partial charge in [0.2, 0.25) is 0 Å². The van der Waals surface area contributed by atoms with Gasteiger partial charge in [-0.25, -0.2) is 0 Å². The Morgan fingerprint density at radius 2 is 0.919 bits per heavy atom. The van der Waals surface area contributed by atoms with Gasteiger partial charge in [0.05, 0.1) is 0 Å². The summed E-state index contributed by atoms with van der Waals surface area (Å²) in [6.45, 7) is 13.3. The standard InChI is InChI=1S/C33H36O.H2O.O.Ti/c1-31(2,24-16-10-7-11-17-24)27-22-23-28(34)30(33(5,6)26-20-14-9-15-21-26)29(27)32(3,4)25-18-12-8-13-19-25;;;/h7-23,34H,1-6H3;1H2;;/q;;;+2/p-2. The van der Waals surface area contributed by atoms with Crippen molar-refractivity contribution in [2.75, 3.05) is 0 Å². The summed E-state index contributed by atoms with van der Waals surface area (Å²) in [6, 6.07) is 35.3. The third-order valence-electron chi connectivity index (χ3n) is 7.77. The number of hydrogen-bond donors (Lipinski definition) is 1. The van der Waals surface area contributed by atoms with E-state index in [9.17, 15) is 7.01 Å². The molecule has 0 aliphatic rings. The van der Waals surface area contributed by atoms with Crippen molar-refractivity contribution in [2.45, 2.75) is 57.8 Å². The zero-order chi connectivity index (χ0) is 26.8. The fraction of sp³-hybridized carbons (Fsp3) is 0.273. The number of hydrogen-bond acceptors (Lipinski definition) is 2. The summed E-state index contributed by atoms with van der Waals surface area (Å²) in [5.41, 5.74) is 5.47. The van der Waals surface area contributed by atoms with Crippen LogP contribution in [-0.2, 0) is 38.2 Å². The van der Waals surface area contributed by atoms with E-state index >= 15 is 0 Å². The molecule has 0 radical (unpaired) electrons.